The second-order valence-corrected chi connectivity index (χ2v) is 9.95. The highest BCUT2D eigenvalue weighted by Gasteiger charge is 2.33. The van der Waals surface area contributed by atoms with Gasteiger partial charge in [0.25, 0.3) is 5.91 Å². The van der Waals surface area contributed by atoms with Crippen molar-refractivity contribution in [3.8, 4) is 11.3 Å². The number of pyridine rings is 1. The summed E-state index contributed by atoms with van der Waals surface area (Å²) in [5.41, 5.74) is 1.88. The number of hydrogen-bond acceptors (Lipinski definition) is 6. The van der Waals surface area contributed by atoms with E-state index in [-0.39, 0.29) is 22.9 Å². The number of benzene rings is 2. The number of carbonyl (C=O) groups excluding carboxylic acids is 2. The predicted octanol–water partition coefficient (Wildman–Crippen LogP) is 2.84. The first-order valence-corrected chi connectivity index (χ1v) is 11.8. The molecule has 166 valence electrons. The molecule has 32 heavy (non-hydrogen) atoms. The zero-order valence-electron chi connectivity index (χ0n) is 17.3. The van der Waals surface area contributed by atoms with E-state index in [0.29, 0.717) is 28.6 Å². The fraction of sp³-hybridized carbons (Fsp3) is 0.261. The predicted molar refractivity (Wildman–Crippen MR) is 117 cm³/mol. The Hall–Kier alpha value is -3.33. The molecule has 1 atom stereocenters. The summed E-state index contributed by atoms with van der Waals surface area (Å²) >= 11 is 0. The summed E-state index contributed by atoms with van der Waals surface area (Å²) in [6.45, 7) is -0.506. The maximum atomic E-state index is 13.3. The number of esters is 1. The van der Waals surface area contributed by atoms with Crippen LogP contribution in [0.4, 0.5) is 4.39 Å². The smallest absolute Gasteiger partial charge is 0.339 e. The summed E-state index contributed by atoms with van der Waals surface area (Å²) in [7, 11) is -1.63. The third kappa shape index (κ3) is 4.62. The lowest BCUT2D eigenvalue weighted by atomic mass is 10.0. The van der Waals surface area contributed by atoms with Gasteiger partial charge in [0, 0.05) is 24.0 Å². The van der Waals surface area contributed by atoms with Crippen molar-refractivity contribution in [3.63, 3.8) is 0 Å². The van der Waals surface area contributed by atoms with Crippen LogP contribution in [0.1, 0.15) is 16.8 Å². The Bertz CT molecular complexity index is 1290. The first kappa shape index (κ1) is 21.9. The quantitative estimate of drug-likeness (QED) is 0.548. The molecule has 1 fully saturated rings. The largest absolute Gasteiger partial charge is 0.452 e. The molecule has 2 heterocycles. The fourth-order valence-corrected chi connectivity index (χ4v) is 5.48. The average molecular weight is 456 g/mol. The normalized spacial score (nSPS) is 17.2. The molecule has 1 aromatic heterocycles. The standard InChI is InChI=1S/C23H21FN2O5S/c1-26(17-10-11-32(29,30)14-17)22(27)13-31-23(28)19-12-21(15-6-8-16(24)9-7-15)25-20-5-3-2-4-18(19)20/h2-9,12,17H,10-11,13-14H2,1H3/t17-/m1/s1. The van der Waals surface area contributed by atoms with Crippen LogP contribution in [0.3, 0.4) is 0 Å². The summed E-state index contributed by atoms with van der Waals surface area (Å²) in [5.74, 6) is -1.60. The zero-order valence-corrected chi connectivity index (χ0v) is 18.1. The maximum absolute atomic E-state index is 13.3. The molecule has 0 saturated carbocycles. The Kier molecular flexibility index (Phi) is 5.92. The number of aromatic nitrogens is 1. The minimum Gasteiger partial charge on any atom is -0.452 e. The Morgan fingerprint density at radius 1 is 1.16 bits per heavy atom. The van der Waals surface area contributed by atoms with Crippen LogP contribution in [0.5, 0.6) is 0 Å². The van der Waals surface area contributed by atoms with Gasteiger partial charge >= 0.3 is 5.97 Å². The van der Waals surface area contributed by atoms with Crippen LogP contribution in [-0.4, -0.2) is 61.4 Å². The lowest BCUT2D eigenvalue weighted by Crippen LogP contribution is -2.40. The van der Waals surface area contributed by atoms with Crippen molar-refractivity contribution in [2.24, 2.45) is 0 Å². The van der Waals surface area contributed by atoms with Crippen LogP contribution in [0.2, 0.25) is 0 Å². The Morgan fingerprint density at radius 3 is 2.56 bits per heavy atom. The molecule has 0 aliphatic carbocycles. The van der Waals surface area contributed by atoms with Crippen molar-refractivity contribution in [2.75, 3.05) is 25.2 Å². The van der Waals surface area contributed by atoms with Crippen LogP contribution in [0.15, 0.2) is 54.6 Å². The van der Waals surface area contributed by atoms with E-state index in [1.54, 1.807) is 42.5 Å². The molecule has 0 radical (unpaired) electrons. The molecule has 7 nitrogen and oxygen atoms in total. The van der Waals surface area contributed by atoms with Crippen molar-refractivity contribution >= 4 is 32.6 Å². The lowest BCUT2D eigenvalue weighted by Gasteiger charge is -2.23. The number of para-hydroxylation sites is 1. The molecule has 9 heteroatoms. The number of fused-ring (bicyclic) bond motifs is 1. The number of halogens is 1. The van der Waals surface area contributed by atoms with E-state index in [1.165, 1.54) is 24.1 Å². The van der Waals surface area contributed by atoms with E-state index in [2.05, 4.69) is 4.98 Å². The summed E-state index contributed by atoms with van der Waals surface area (Å²) in [5, 5.41) is 0.561. The molecule has 0 bridgehead atoms. The van der Waals surface area contributed by atoms with Crippen molar-refractivity contribution in [1.82, 2.24) is 9.88 Å². The van der Waals surface area contributed by atoms with E-state index in [4.69, 9.17) is 4.74 Å². The topological polar surface area (TPSA) is 93.6 Å². The number of likely N-dealkylation sites (N-methyl/N-ethyl adjacent to an activating group) is 1. The highest BCUT2D eigenvalue weighted by molar-refractivity contribution is 7.91. The molecule has 0 N–H and O–H groups in total. The van der Waals surface area contributed by atoms with Crippen LogP contribution in [-0.2, 0) is 19.4 Å². The highest BCUT2D eigenvalue weighted by atomic mass is 32.2. The van der Waals surface area contributed by atoms with Crippen molar-refractivity contribution in [2.45, 2.75) is 12.5 Å². The number of hydrogen-bond donors (Lipinski definition) is 0. The number of rotatable bonds is 5. The monoisotopic (exact) mass is 456 g/mol. The fourth-order valence-electron chi connectivity index (χ4n) is 3.70. The third-order valence-corrected chi connectivity index (χ3v) is 7.30. The van der Waals surface area contributed by atoms with Crippen molar-refractivity contribution in [3.05, 3.63) is 66.0 Å². The molecule has 0 spiro atoms. The first-order valence-electron chi connectivity index (χ1n) is 10.0. The van der Waals surface area contributed by atoms with Crippen LogP contribution in [0.25, 0.3) is 22.2 Å². The van der Waals surface area contributed by atoms with E-state index in [0.717, 1.165) is 0 Å². The minimum atomic E-state index is -3.14. The molecular formula is C23H21FN2O5S. The Morgan fingerprint density at radius 2 is 1.88 bits per heavy atom. The third-order valence-electron chi connectivity index (χ3n) is 5.55. The second kappa shape index (κ2) is 8.66. The average Bonchev–Trinajstić information content (AvgIpc) is 3.16. The van der Waals surface area contributed by atoms with Gasteiger partial charge in [0.15, 0.2) is 16.4 Å². The van der Waals surface area contributed by atoms with Gasteiger partial charge in [0.2, 0.25) is 0 Å². The van der Waals surface area contributed by atoms with Gasteiger partial charge in [-0.25, -0.2) is 22.6 Å². The van der Waals surface area contributed by atoms with Gasteiger partial charge in [-0.05, 0) is 42.8 Å². The Balaban J connectivity index is 1.55. The van der Waals surface area contributed by atoms with E-state index in [9.17, 15) is 22.4 Å². The molecule has 2 aromatic carbocycles. The van der Waals surface area contributed by atoms with Crippen LogP contribution >= 0.6 is 0 Å². The number of ether oxygens (including phenoxy) is 1. The first-order chi connectivity index (χ1) is 15.2. The number of carbonyl (C=O) groups is 2. The maximum Gasteiger partial charge on any atom is 0.339 e. The SMILES string of the molecule is CN(C(=O)COC(=O)c1cc(-c2ccc(F)cc2)nc2ccccc12)[C@@H]1CCS(=O)(=O)C1. The van der Waals surface area contributed by atoms with Gasteiger partial charge in [-0.1, -0.05) is 18.2 Å². The molecule has 4 rings (SSSR count). The van der Waals surface area contributed by atoms with E-state index < -0.39 is 34.4 Å². The van der Waals surface area contributed by atoms with Gasteiger partial charge in [0.05, 0.1) is 28.3 Å². The van der Waals surface area contributed by atoms with Gasteiger partial charge in [-0.2, -0.15) is 0 Å². The van der Waals surface area contributed by atoms with E-state index in [1.807, 2.05) is 0 Å². The summed E-state index contributed by atoms with van der Waals surface area (Å²) < 4.78 is 41.9. The lowest BCUT2D eigenvalue weighted by molar-refractivity contribution is -0.134. The molecule has 3 aromatic rings. The summed E-state index contributed by atoms with van der Waals surface area (Å²) in [4.78, 5) is 31.2. The molecule has 1 amide bonds. The molecular weight excluding hydrogens is 435 g/mol. The zero-order chi connectivity index (χ0) is 22.9. The van der Waals surface area contributed by atoms with Gasteiger partial charge in [-0.3, -0.25) is 4.79 Å². The molecule has 1 aliphatic heterocycles. The van der Waals surface area contributed by atoms with Crippen LogP contribution in [0, 0.1) is 5.82 Å². The van der Waals surface area contributed by atoms with Gasteiger partial charge in [-0.15, -0.1) is 0 Å². The molecule has 0 unspecified atom stereocenters. The van der Waals surface area contributed by atoms with Gasteiger partial charge < -0.3 is 9.64 Å². The highest BCUT2D eigenvalue weighted by Crippen LogP contribution is 2.26. The van der Waals surface area contributed by atoms with Crippen molar-refractivity contribution in [1.29, 1.82) is 0 Å². The molecule has 1 aliphatic rings. The minimum absolute atomic E-state index is 0.0459. The summed E-state index contributed by atoms with van der Waals surface area (Å²) in [6, 6.07) is 13.9. The number of sulfone groups is 1. The van der Waals surface area contributed by atoms with E-state index >= 15 is 0 Å². The summed E-state index contributed by atoms with van der Waals surface area (Å²) in [6.07, 6.45) is 0.370. The Labute approximate surface area is 184 Å². The van der Waals surface area contributed by atoms with Gasteiger partial charge in [0.1, 0.15) is 5.82 Å². The van der Waals surface area contributed by atoms with Crippen molar-refractivity contribution < 1.29 is 27.1 Å². The van der Waals surface area contributed by atoms with Crippen LogP contribution < -0.4 is 0 Å². The number of nitrogens with zero attached hydrogens (tertiary/aromatic N) is 2. The number of amides is 1. The second-order valence-electron chi connectivity index (χ2n) is 7.72. The molecule has 1 saturated heterocycles.